The van der Waals surface area contributed by atoms with Gasteiger partial charge in [-0.25, -0.2) is 0 Å². The molecule has 0 aromatic heterocycles. The van der Waals surface area contributed by atoms with Crippen LogP contribution in [0.25, 0.3) is 0 Å². The summed E-state index contributed by atoms with van der Waals surface area (Å²) in [7, 11) is 0. The highest BCUT2D eigenvalue weighted by Crippen LogP contribution is 2.64. The lowest BCUT2D eigenvalue weighted by Crippen LogP contribution is -2.27. The summed E-state index contributed by atoms with van der Waals surface area (Å²) >= 11 is 0. The zero-order valence-corrected chi connectivity index (χ0v) is 16.4. The topological polar surface area (TPSA) is 18.5 Å². The van der Waals surface area contributed by atoms with E-state index in [0.717, 1.165) is 12.8 Å². The van der Waals surface area contributed by atoms with E-state index in [1.807, 2.05) is 0 Å². The van der Waals surface area contributed by atoms with Crippen LogP contribution in [0.5, 0.6) is 0 Å². The second-order valence-corrected chi connectivity index (χ2v) is 9.67. The molecule has 4 atom stereocenters. The molecule has 2 heteroatoms. The predicted octanol–water partition coefficient (Wildman–Crippen LogP) is 5.41. The summed E-state index contributed by atoms with van der Waals surface area (Å²) in [4.78, 5) is 0. The van der Waals surface area contributed by atoms with Crippen molar-refractivity contribution in [2.24, 2.45) is 0 Å². The average Bonchev–Trinajstić information content (AvgIpc) is 3.23. The van der Waals surface area contributed by atoms with E-state index in [1.54, 1.807) is 0 Å². The molecular weight excluding hydrogens is 320 g/mol. The van der Waals surface area contributed by atoms with Gasteiger partial charge in [0.25, 0.3) is 0 Å². The van der Waals surface area contributed by atoms with Crippen molar-refractivity contribution in [3.8, 4) is 0 Å². The van der Waals surface area contributed by atoms with Crippen LogP contribution in [0.1, 0.15) is 86.8 Å². The van der Waals surface area contributed by atoms with Gasteiger partial charge < -0.3 is 9.47 Å². The van der Waals surface area contributed by atoms with Gasteiger partial charge in [-0.1, -0.05) is 12.8 Å². The molecule has 0 saturated heterocycles. The number of hydrogen-bond acceptors (Lipinski definition) is 2. The van der Waals surface area contributed by atoms with Crippen LogP contribution >= 0.6 is 0 Å². The second-order valence-electron chi connectivity index (χ2n) is 9.67. The quantitative estimate of drug-likeness (QED) is 0.584. The lowest BCUT2D eigenvalue weighted by molar-refractivity contribution is -0.0540. The summed E-state index contributed by atoms with van der Waals surface area (Å²) < 4.78 is 13.4. The largest absolute Gasteiger partial charge is 0.351 e. The Balaban J connectivity index is 1.78. The molecule has 0 saturated carbocycles. The van der Waals surface area contributed by atoms with Crippen molar-refractivity contribution in [2.45, 2.75) is 88.6 Å². The molecule has 26 heavy (non-hydrogen) atoms. The third kappa shape index (κ3) is 1.59. The van der Waals surface area contributed by atoms with Crippen LogP contribution in [0.3, 0.4) is 0 Å². The summed E-state index contributed by atoms with van der Waals surface area (Å²) in [6, 6.07) is 0. The van der Waals surface area contributed by atoms with Crippen LogP contribution in [-0.2, 0) is 44.7 Å². The van der Waals surface area contributed by atoms with Gasteiger partial charge in [0, 0.05) is 0 Å². The average molecular weight is 348 g/mol. The summed E-state index contributed by atoms with van der Waals surface area (Å²) in [5.41, 5.74) is 7.89. The smallest absolute Gasteiger partial charge is 0.111 e. The first-order valence-corrected chi connectivity index (χ1v) is 10.3. The molecule has 0 unspecified atom stereocenters. The van der Waals surface area contributed by atoms with Crippen LogP contribution in [0.15, 0.2) is 24.3 Å². The highest BCUT2D eigenvalue weighted by molar-refractivity contribution is 5.68. The van der Waals surface area contributed by atoms with Crippen LogP contribution < -0.4 is 0 Å². The number of fused-ring (bicyclic) bond motifs is 9. The summed E-state index contributed by atoms with van der Waals surface area (Å²) in [6.07, 6.45) is 16.7. The highest BCUT2D eigenvalue weighted by Gasteiger charge is 2.59. The predicted molar refractivity (Wildman–Crippen MR) is 102 cm³/mol. The Hall–Kier alpha value is -1.38. The van der Waals surface area contributed by atoms with E-state index in [1.165, 1.54) is 59.1 Å². The summed E-state index contributed by atoms with van der Waals surface area (Å²) in [5, 5.41) is 0. The van der Waals surface area contributed by atoms with E-state index < -0.39 is 0 Å². The molecule has 0 N–H and O–H groups in total. The van der Waals surface area contributed by atoms with Crippen molar-refractivity contribution in [1.29, 1.82) is 0 Å². The molecular formula is C24H28O2. The SMILES string of the molecule is C[C@]12C=C[C@](C)(O1)c1c3c4c(c(c12)CCCCCC3)[C@@]1(C)C=C[C@]4(C)O1. The first-order chi connectivity index (χ1) is 12.3. The maximum Gasteiger partial charge on any atom is 0.111 e. The number of benzene rings is 1. The third-order valence-corrected chi connectivity index (χ3v) is 7.58. The summed E-state index contributed by atoms with van der Waals surface area (Å²) in [5.74, 6) is 0. The molecule has 0 spiro atoms. The molecule has 136 valence electrons. The maximum absolute atomic E-state index is 6.68. The van der Waals surface area contributed by atoms with E-state index in [9.17, 15) is 0 Å². The van der Waals surface area contributed by atoms with Gasteiger partial charge in [0.15, 0.2) is 0 Å². The van der Waals surface area contributed by atoms with Gasteiger partial charge in [-0.15, -0.1) is 0 Å². The van der Waals surface area contributed by atoms with Gasteiger partial charge in [-0.05, 0) is 111 Å². The molecule has 1 aromatic rings. The fraction of sp³-hybridized carbons (Fsp3) is 0.583. The molecule has 6 rings (SSSR count). The second kappa shape index (κ2) is 4.36. The van der Waals surface area contributed by atoms with E-state index in [-0.39, 0.29) is 22.4 Å². The molecule has 1 aromatic carbocycles. The molecule has 4 aliphatic heterocycles. The Kier molecular flexibility index (Phi) is 2.63. The Bertz CT molecular complexity index is 789. The minimum absolute atomic E-state index is 0.273. The first-order valence-electron chi connectivity index (χ1n) is 10.3. The Morgan fingerprint density at radius 1 is 0.538 bits per heavy atom. The van der Waals surface area contributed by atoms with Crippen LogP contribution in [0.4, 0.5) is 0 Å². The Morgan fingerprint density at radius 3 is 1.15 bits per heavy atom. The van der Waals surface area contributed by atoms with Crippen molar-refractivity contribution in [3.63, 3.8) is 0 Å². The lowest BCUT2D eigenvalue weighted by Gasteiger charge is -2.33. The van der Waals surface area contributed by atoms with E-state index >= 15 is 0 Å². The molecule has 0 amide bonds. The van der Waals surface area contributed by atoms with Crippen molar-refractivity contribution >= 4 is 0 Å². The zero-order valence-electron chi connectivity index (χ0n) is 16.4. The number of rotatable bonds is 0. The van der Waals surface area contributed by atoms with Gasteiger partial charge in [0.05, 0.1) is 0 Å². The van der Waals surface area contributed by atoms with E-state index in [4.69, 9.17) is 9.47 Å². The minimum Gasteiger partial charge on any atom is -0.351 e. The highest BCUT2D eigenvalue weighted by atomic mass is 16.5. The number of hydrogen-bond donors (Lipinski definition) is 0. The molecule has 5 aliphatic rings. The monoisotopic (exact) mass is 348 g/mol. The van der Waals surface area contributed by atoms with Gasteiger partial charge in [-0.3, -0.25) is 0 Å². The van der Waals surface area contributed by atoms with Crippen LogP contribution in [0.2, 0.25) is 0 Å². The van der Waals surface area contributed by atoms with E-state index in [0.29, 0.717) is 0 Å². The van der Waals surface area contributed by atoms with Gasteiger partial charge in [0.2, 0.25) is 0 Å². The lowest BCUT2D eigenvalue weighted by atomic mass is 9.67. The fourth-order valence-corrected chi connectivity index (χ4v) is 6.69. The van der Waals surface area contributed by atoms with Crippen molar-refractivity contribution in [2.75, 3.05) is 0 Å². The molecule has 2 nitrogen and oxygen atoms in total. The standard InChI is InChI=1S/C24H28O2/c1-21-11-12-22(2,25-21)18-16-10-8-6-5-7-9-15(17(18)21)19-20(16)24(4)14-13-23(19,3)26-24/h11-14H,5-10H2,1-4H3/t21-,22+,23-,24+. The van der Waals surface area contributed by atoms with Gasteiger partial charge in [0.1, 0.15) is 22.4 Å². The third-order valence-electron chi connectivity index (χ3n) is 7.58. The maximum atomic E-state index is 6.68. The van der Waals surface area contributed by atoms with Crippen LogP contribution in [-0.4, -0.2) is 0 Å². The molecule has 0 fully saturated rings. The molecule has 0 radical (unpaired) electrons. The molecule has 1 aliphatic carbocycles. The van der Waals surface area contributed by atoms with E-state index in [2.05, 4.69) is 52.0 Å². The van der Waals surface area contributed by atoms with Crippen LogP contribution in [0, 0.1) is 0 Å². The van der Waals surface area contributed by atoms with Crippen molar-refractivity contribution in [1.82, 2.24) is 0 Å². The molecule has 4 heterocycles. The van der Waals surface area contributed by atoms with Crippen molar-refractivity contribution < 1.29 is 9.47 Å². The number of ether oxygens (including phenoxy) is 2. The summed E-state index contributed by atoms with van der Waals surface area (Å²) in [6.45, 7) is 9.06. The first kappa shape index (κ1) is 15.7. The zero-order chi connectivity index (χ0) is 17.9. The fourth-order valence-electron chi connectivity index (χ4n) is 6.69. The van der Waals surface area contributed by atoms with Crippen molar-refractivity contribution in [3.05, 3.63) is 57.7 Å². The Labute approximate surface area is 156 Å². The molecule has 6 bridgehead atoms. The normalized spacial score (nSPS) is 44.0. The van der Waals surface area contributed by atoms with Gasteiger partial charge >= 0.3 is 0 Å². The van der Waals surface area contributed by atoms with Gasteiger partial charge in [-0.2, -0.15) is 0 Å². The minimum atomic E-state index is -0.273. The Morgan fingerprint density at radius 2 is 0.846 bits per heavy atom.